The molecule has 0 amide bonds. The van der Waals surface area contributed by atoms with Crippen LogP contribution in [-0.4, -0.2) is 53.5 Å². The van der Waals surface area contributed by atoms with Gasteiger partial charge >= 0.3 is 0 Å². The third-order valence-corrected chi connectivity index (χ3v) is 5.48. The number of hydrogen-bond donors (Lipinski definition) is 2. The lowest BCUT2D eigenvalue weighted by Gasteiger charge is -2.09. The van der Waals surface area contributed by atoms with E-state index in [4.69, 9.17) is 20.1 Å². The fourth-order valence-corrected chi connectivity index (χ4v) is 3.45. The van der Waals surface area contributed by atoms with Crippen LogP contribution in [0.5, 0.6) is 17.2 Å². The second kappa shape index (κ2) is 10.5. The Labute approximate surface area is 189 Å². The summed E-state index contributed by atoms with van der Waals surface area (Å²) in [5, 5.41) is 12.7. The summed E-state index contributed by atoms with van der Waals surface area (Å²) in [5.74, 6) is 8.31. The van der Waals surface area contributed by atoms with Gasteiger partial charge in [0.15, 0.2) is 17.3 Å². The molecule has 32 heavy (non-hydrogen) atoms. The molecule has 0 atom stereocenters. The standard InChI is InChI=1S/C21H24N6O4S/c1-13(15-7-10-18(30-3)19(11-15)31-4)23-24-20-25-26-21(27(20)22)32-12-17(28)14-5-8-16(29-2)9-6-14/h5-11H,12,22H2,1-4H3,(H,24,25)/b23-13+. The molecule has 11 heteroatoms. The molecule has 0 bridgehead atoms. The summed E-state index contributed by atoms with van der Waals surface area (Å²) < 4.78 is 16.9. The van der Waals surface area contributed by atoms with Gasteiger partial charge in [-0.25, -0.2) is 10.1 Å². The maximum Gasteiger partial charge on any atom is 0.264 e. The Hall–Kier alpha value is -3.73. The normalized spacial score (nSPS) is 11.2. The van der Waals surface area contributed by atoms with Gasteiger partial charge in [-0.05, 0) is 49.4 Å². The number of rotatable bonds is 10. The lowest BCUT2D eigenvalue weighted by Crippen LogP contribution is -2.14. The highest BCUT2D eigenvalue weighted by molar-refractivity contribution is 7.99. The van der Waals surface area contributed by atoms with Gasteiger partial charge in [-0.2, -0.15) is 5.10 Å². The minimum Gasteiger partial charge on any atom is -0.497 e. The van der Waals surface area contributed by atoms with Crippen LogP contribution in [0.15, 0.2) is 52.7 Å². The van der Waals surface area contributed by atoms with E-state index in [2.05, 4.69) is 20.7 Å². The summed E-state index contributed by atoms with van der Waals surface area (Å²) in [6.07, 6.45) is 0. The summed E-state index contributed by atoms with van der Waals surface area (Å²) in [4.78, 5) is 12.4. The van der Waals surface area contributed by atoms with Gasteiger partial charge in [0.1, 0.15) is 5.75 Å². The molecule has 168 valence electrons. The predicted molar refractivity (Wildman–Crippen MR) is 124 cm³/mol. The fourth-order valence-electron chi connectivity index (χ4n) is 2.70. The van der Waals surface area contributed by atoms with Crippen LogP contribution in [0, 0.1) is 0 Å². The van der Waals surface area contributed by atoms with Crippen molar-refractivity contribution in [3.8, 4) is 17.2 Å². The van der Waals surface area contributed by atoms with Crippen LogP contribution in [0.2, 0.25) is 0 Å². The molecule has 0 saturated heterocycles. The highest BCUT2D eigenvalue weighted by atomic mass is 32.2. The first kappa shape index (κ1) is 22.9. The molecule has 0 spiro atoms. The third-order valence-electron chi connectivity index (χ3n) is 4.53. The maximum atomic E-state index is 12.4. The predicted octanol–water partition coefficient (Wildman–Crippen LogP) is 2.83. The average Bonchev–Trinajstić information content (AvgIpc) is 3.19. The second-order valence-electron chi connectivity index (χ2n) is 6.50. The summed E-state index contributed by atoms with van der Waals surface area (Å²) in [7, 11) is 4.72. The van der Waals surface area contributed by atoms with Gasteiger partial charge in [-0.3, -0.25) is 4.79 Å². The van der Waals surface area contributed by atoms with E-state index in [9.17, 15) is 4.79 Å². The van der Waals surface area contributed by atoms with E-state index in [1.807, 2.05) is 19.1 Å². The van der Waals surface area contributed by atoms with E-state index in [-0.39, 0.29) is 17.5 Å². The molecular weight excluding hydrogens is 432 g/mol. The molecule has 0 unspecified atom stereocenters. The van der Waals surface area contributed by atoms with Crippen LogP contribution >= 0.6 is 11.8 Å². The minimum absolute atomic E-state index is 0.0579. The Morgan fingerprint density at radius 2 is 1.72 bits per heavy atom. The number of aromatic nitrogens is 3. The Morgan fingerprint density at radius 3 is 2.38 bits per heavy atom. The number of nitrogens with zero attached hydrogens (tertiary/aromatic N) is 4. The van der Waals surface area contributed by atoms with E-state index in [1.165, 1.54) is 16.4 Å². The maximum absolute atomic E-state index is 12.4. The highest BCUT2D eigenvalue weighted by Crippen LogP contribution is 2.28. The summed E-state index contributed by atoms with van der Waals surface area (Å²) in [6, 6.07) is 12.4. The molecule has 1 heterocycles. The van der Waals surface area contributed by atoms with Crippen LogP contribution in [0.4, 0.5) is 5.95 Å². The van der Waals surface area contributed by atoms with E-state index >= 15 is 0 Å². The fraction of sp³-hybridized carbons (Fsp3) is 0.238. The zero-order chi connectivity index (χ0) is 23.1. The number of methoxy groups -OCH3 is 3. The van der Waals surface area contributed by atoms with Gasteiger partial charge in [-0.1, -0.05) is 11.8 Å². The number of carbonyl (C=O) groups excluding carboxylic acids is 1. The van der Waals surface area contributed by atoms with Crippen molar-refractivity contribution in [1.29, 1.82) is 0 Å². The number of Topliss-reactive ketones (excluding diaryl/α,β-unsaturated/α-hetero) is 1. The first-order valence-electron chi connectivity index (χ1n) is 9.50. The first-order valence-corrected chi connectivity index (χ1v) is 10.5. The second-order valence-corrected chi connectivity index (χ2v) is 7.44. The van der Waals surface area contributed by atoms with Gasteiger partial charge < -0.3 is 20.1 Å². The zero-order valence-corrected chi connectivity index (χ0v) is 19.0. The van der Waals surface area contributed by atoms with Crippen molar-refractivity contribution < 1.29 is 19.0 Å². The number of hydrazone groups is 1. The molecule has 2 aromatic carbocycles. The number of nitrogens with two attached hydrogens (primary N) is 1. The Kier molecular flexibility index (Phi) is 7.55. The number of benzene rings is 2. The molecule has 1 aromatic heterocycles. The van der Waals surface area contributed by atoms with Gasteiger partial charge in [0.25, 0.3) is 5.95 Å². The molecule has 0 saturated carbocycles. The van der Waals surface area contributed by atoms with E-state index in [0.717, 1.165) is 5.56 Å². The smallest absolute Gasteiger partial charge is 0.264 e. The molecule has 0 aliphatic rings. The van der Waals surface area contributed by atoms with Gasteiger partial charge in [0.2, 0.25) is 5.16 Å². The molecule has 3 N–H and O–H groups in total. The van der Waals surface area contributed by atoms with Gasteiger partial charge in [0.05, 0.1) is 32.8 Å². The van der Waals surface area contributed by atoms with Gasteiger partial charge in [-0.15, -0.1) is 10.2 Å². The van der Waals surface area contributed by atoms with Crippen molar-refractivity contribution in [3.63, 3.8) is 0 Å². The lowest BCUT2D eigenvalue weighted by molar-refractivity contribution is 0.102. The van der Waals surface area contributed by atoms with Crippen molar-refractivity contribution in [2.75, 3.05) is 38.4 Å². The highest BCUT2D eigenvalue weighted by Gasteiger charge is 2.14. The summed E-state index contributed by atoms with van der Waals surface area (Å²) in [5.41, 5.74) is 4.89. The number of thioether (sulfide) groups is 1. The monoisotopic (exact) mass is 456 g/mol. The molecule has 10 nitrogen and oxygen atoms in total. The first-order chi connectivity index (χ1) is 15.5. The van der Waals surface area contributed by atoms with Crippen molar-refractivity contribution in [3.05, 3.63) is 53.6 Å². The number of carbonyl (C=O) groups is 1. The van der Waals surface area contributed by atoms with E-state index in [0.29, 0.717) is 33.7 Å². The molecule has 3 rings (SSSR count). The van der Waals surface area contributed by atoms with Crippen molar-refractivity contribution >= 4 is 29.2 Å². The van der Waals surface area contributed by atoms with Crippen molar-refractivity contribution in [1.82, 2.24) is 14.9 Å². The van der Waals surface area contributed by atoms with Crippen LogP contribution in [0.25, 0.3) is 0 Å². The summed E-state index contributed by atoms with van der Waals surface area (Å²) >= 11 is 1.19. The molecule has 0 radical (unpaired) electrons. The Morgan fingerprint density at radius 1 is 1.03 bits per heavy atom. The number of nitrogen functional groups attached to an aromatic ring is 1. The van der Waals surface area contributed by atoms with E-state index < -0.39 is 0 Å². The Balaban J connectivity index is 1.63. The van der Waals surface area contributed by atoms with Crippen LogP contribution < -0.4 is 25.5 Å². The zero-order valence-electron chi connectivity index (χ0n) is 18.2. The quantitative estimate of drug-likeness (QED) is 0.156. The van der Waals surface area contributed by atoms with Crippen molar-refractivity contribution in [2.45, 2.75) is 12.1 Å². The van der Waals surface area contributed by atoms with Crippen LogP contribution in [-0.2, 0) is 0 Å². The SMILES string of the molecule is COc1ccc(C(=O)CSc2nnc(N/N=C(\C)c3ccc(OC)c(OC)c3)n2N)cc1. The largest absolute Gasteiger partial charge is 0.497 e. The topological polar surface area (TPSA) is 126 Å². The number of hydrogen-bond acceptors (Lipinski definition) is 10. The van der Waals surface area contributed by atoms with Crippen molar-refractivity contribution in [2.24, 2.45) is 5.10 Å². The van der Waals surface area contributed by atoms with Crippen LogP contribution in [0.3, 0.4) is 0 Å². The van der Waals surface area contributed by atoms with Gasteiger partial charge in [0, 0.05) is 11.1 Å². The third kappa shape index (κ3) is 5.30. The molecule has 0 fully saturated rings. The van der Waals surface area contributed by atoms with Crippen LogP contribution in [0.1, 0.15) is 22.8 Å². The molecular formula is C21H24N6O4S. The minimum atomic E-state index is -0.0579. The average molecular weight is 457 g/mol. The summed E-state index contributed by atoms with van der Waals surface area (Å²) in [6.45, 7) is 1.83. The molecule has 0 aliphatic carbocycles. The number of ketones is 1. The molecule has 0 aliphatic heterocycles. The van der Waals surface area contributed by atoms with E-state index in [1.54, 1.807) is 51.7 Å². The number of ether oxygens (including phenoxy) is 3. The number of anilines is 1. The Bertz CT molecular complexity index is 1110. The number of nitrogens with one attached hydrogen (secondary N) is 1. The molecule has 3 aromatic rings. The lowest BCUT2D eigenvalue weighted by atomic mass is 10.1.